The molecule has 0 aromatic carbocycles. The first-order chi connectivity index (χ1) is 9.17. The van der Waals surface area contributed by atoms with Crippen LogP contribution in [0.3, 0.4) is 0 Å². The highest BCUT2D eigenvalue weighted by atomic mass is 32.1. The van der Waals surface area contributed by atoms with Gasteiger partial charge in [0.15, 0.2) is 5.13 Å². The van der Waals surface area contributed by atoms with Crippen molar-refractivity contribution in [2.24, 2.45) is 0 Å². The van der Waals surface area contributed by atoms with Gasteiger partial charge in [-0.2, -0.15) is 0 Å². The summed E-state index contributed by atoms with van der Waals surface area (Å²) in [5.74, 6) is 0.388. The van der Waals surface area contributed by atoms with Crippen molar-refractivity contribution >= 4 is 16.5 Å². The second-order valence-corrected chi connectivity index (χ2v) is 6.78. The van der Waals surface area contributed by atoms with Crippen molar-refractivity contribution in [2.45, 2.75) is 71.4 Å². The van der Waals surface area contributed by atoms with Gasteiger partial charge in [0.25, 0.3) is 0 Å². The molecule has 108 valence electrons. The van der Waals surface area contributed by atoms with Gasteiger partial charge < -0.3 is 10.0 Å². The molecule has 1 atom stereocenters. The molecule has 1 N–H and O–H groups in total. The van der Waals surface area contributed by atoms with Crippen molar-refractivity contribution in [3.05, 3.63) is 10.6 Å². The van der Waals surface area contributed by atoms with Crippen LogP contribution < -0.4 is 4.90 Å². The van der Waals surface area contributed by atoms with Gasteiger partial charge >= 0.3 is 0 Å². The van der Waals surface area contributed by atoms with Gasteiger partial charge in [-0.15, -0.1) is 0 Å². The third kappa shape index (κ3) is 3.29. The number of aliphatic hydroxyl groups is 1. The molecule has 1 aliphatic rings. The standard InChI is InChI=1S/C15H26N2OS/c1-4-12-8-6-5-7-9-17(12)15-16-14(11(2)3)13(10-18)19-15/h11-12,18H,4-10H2,1-3H3. The quantitative estimate of drug-likeness (QED) is 0.909. The third-order valence-corrected chi connectivity index (χ3v) is 5.09. The SMILES string of the molecule is CCC1CCCCCN1c1nc(C(C)C)c(CO)s1. The van der Waals surface area contributed by atoms with Crippen LogP contribution >= 0.6 is 11.3 Å². The lowest BCUT2D eigenvalue weighted by Crippen LogP contribution is -2.34. The maximum Gasteiger partial charge on any atom is 0.186 e. The highest BCUT2D eigenvalue weighted by molar-refractivity contribution is 7.15. The molecule has 1 unspecified atom stereocenters. The highest BCUT2D eigenvalue weighted by Crippen LogP contribution is 2.34. The van der Waals surface area contributed by atoms with Gasteiger partial charge in [0, 0.05) is 12.6 Å². The van der Waals surface area contributed by atoms with Crippen LogP contribution in [0.5, 0.6) is 0 Å². The largest absolute Gasteiger partial charge is 0.391 e. The van der Waals surface area contributed by atoms with Gasteiger partial charge in [-0.25, -0.2) is 4.98 Å². The maximum atomic E-state index is 9.51. The van der Waals surface area contributed by atoms with Crippen molar-refractivity contribution in [3.8, 4) is 0 Å². The summed E-state index contributed by atoms with van der Waals surface area (Å²) >= 11 is 1.69. The minimum absolute atomic E-state index is 0.121. The third-order valence-electron chi connectivity index (χ3n) is 4.00. The molecule has 19 heavy (non-hydrogen) atoms. The Bertz CT molecular complexity index is 403. The molecule has 2 heterocycles. The average molecular weight is 282 g/mol. The molecule has 4 heteroatoms. The summed E-state index contributed by atoms with van der Waals surface area (Å²) in [6, 6.07) is 0.625. The fourth-order valence-electron chi connectivity index (χ4n) is 2.89. The Labute approximate surface area is 120 Å². The van der Waals surface area contributed by atoms with E-state index in [9.17, 15) is 5.11 Å². The van der Waals surface area contributed by atoms with Crippen molar-refractivity contribution in [2.75, 3.05) is 11.4 Å². The first kappa shape index (κ1) is 14.8. The smallest absolute Gasteiger partial charge is 0.186 e. The molecule has 0 amide bonds. The van der Waals surface area contributed by atoms with E-state index in [0.29, 0.717) is 12.0 Å². The lowest BCUT2D eigenvalue weighted by molar-refractivity contribution is 0.283. The van der Waals surface area contributed by atoms with E-state index in [1.807, 2.05) is 0 Å². The molecular weight excluding hydrogens is 256 g/mol. The lowest BCUT2D eigenvalue weighted by Gasteiger charge is -2.28. The zero-order valence-electron chi connectivity index (χ0n) is 12.4. The molecule has 2 rings (SSSR count). The first-order valence-corrected chi connectivity index (χ1v) is 8.36. The Morgan fingerprint density at radius 1 is 1.37 bits per heavy atom. The number of aromatic nitrogens is 1. The van der Waals surface area contributed by atoms with Crippen molar-refractivity contribution in [1.29, 1.82) is 0 Å². The number of hydrogen-bond donors (Lipinski definition) is 1. The Morgan fingerprint density at radius 3 is 2.74 bits per heavy atom. The van der Waals surface area contributed by atoms with E-state index in [1.54, 1.807) is 11.3 Å². The normalized spacial score (nSPS) is 20.9. The van der Waals surface area contributed by atoms with Gasteiger partial charge in [0.2, 0.25) is 0 Å². The number of nitrogens with zero attached hydrogens (tertiary/aromatic N) is 2. The van der Waals surface area contributed by atoms with Crippen molar-refractivity contribution < 1.29 is 5.11 Å². The molecule has 1 aromatic heterocycles. The van der Waals surface area contributed by atoms with Crippen molar-refractivity contribution in [1.82, 2.24) is 4.98 Å². The molecular formula is C15H26N2OS. The van der Waals surface area contributed by atoms with Gasteiger partial charge in [0.05, 0.1) is 17.2 Å². The van der Waals surface area contributed by atoms with Gasteiger partial charge in [0.1, 0.15) is 0 Å². The van der Waals surface area contributed by atoms with E-state index in [-0.39, 0.29) is 6.61 Å². The van der Waals surface area contributed by atoms with Crippen LogP contribution in [-0.4, -0.2) is 22.7 Å². The van der Waals surface area contributed by atoms with E-state index < -0.39 is 0 Å². The second-order valence-electron chi connectivity index (χ2n) is 5.72. The summed E-state index contributed by atoms with van der Waals surface area (Å²) in [5, 5.41) is 10.6. The maximum absolute atomic E-state index is 9.51. The van der Waals surface area contributed by atoms with Crippen LogP contribution in [0.2, 0.25) is 0 Å². The molecule has 1 fully saturated rings. The van der Waals surface area contributed by atoms with E-state index in [0.717, 1.165) is 22.2 Å². The molecule has 0 radical (unpaired) electrons. The predicted molar refractivity (Wildman–Crippen MR) is 82.0 cm³/mol. The highest BCUT2D eigenvalue weighted by Gasteiger charge is 2.24. The topological polar surface area (TPSA) is 36.4 Å². The van der Waals surface area contributed by atoms with Crippen molar-refractivity contribution in [3.63, 3.8) is 0 Å². The van der Waals surface area contributed by atoms with Crippen LogP contribution in [0.1, 0.15) is 69.4 Å². The monoisotopic (exact) mass is 282 g/mol. The van der Waals surface area contributed by atoms with E-state index >= 15 is 0 Å². The van der Waals surface area contributed by atoms with E-state index in [2.05, 4.69) is 25.7 Å². The van der Waals surface area contributed by atoms with Gasteiger partial charge in [-0.3, -0.25) is 0 Å². The first-order valence-electron chi connectivity index (χ1n) is 7.54. The summed E-state index contributed by atoms with van der Waals surface area (Å²) in [6.45, 7) is 7.81. The zero-order valence-corrected chi connectivity index (χ0v) is 13.2. The predicted octanol–water partition coefficient (Wildman–Crippen LogP) is 3.92. The summed E-state index contributed by atoms with van der Waals surface area (Å²) in [6.07, 6.45) is 6.40. The van der Waals surface area contributed by atoms with Crippen LogP contribution in [0.4, 0.5) is 5.13 Å². The van der Waals surface area contributed by atoms with E-state index in [1.165, 1.54) is 32.1 Å². The molecule has 0 bridgehead atoms. The Kier molecular flexibility index (Phi) is 5.22. The summed E-state index contributed by atoms with van der Waals surface area (Å²) < 4.78 is 0. The van der Waals surface area contributed by atoms with E-state index in [4.69, 9.17) is 4.98 Å². The Hall–Kier alpha value is -0.610. The second kappa shape index (κ2) is 6.71. The summed E-state index contributed by atoms with van der Waals surface area (Å²) in [5.41, 5.74) is 1.08. The van der Waals surface area contributed by atoms with Crippen LogP contribution in [-0.2, 0) is 6.61 Å². The van der Waals surface area contributed by atoms with Crippen LogP contribution in [0.15, 0.2) is 0 Å². The molecule has 0 aliphatic carbocycles. The minimum atomic E-state index is 0.121. The lowest BCUT2D eigenvalue weighted by atomic mass is 10.1. The molecule has 1 aliphatic heterocycles. The Balaban J connectivity index is 2.28. The number of thiazole rings is 1. The molecule has 3 nitrogen and oxygen atoms in total. The minimum Gasteiger partial charge on any atom is -0.391 e. The zero-order chi connectivity index (χ0) is 13.8. The number of rotatable bonds is 4. The number of anilines is 1. The fourth-order valence-corrected chi connectivity index (χ4v) is 4.06. The number of hydrogen-bond acceptors (Lipinski definition) is 4. The van der Waals surface area contributed by atoms with Gasteiger partial charge in [-0.05, 0) is 25.2 Å². The molecule has 0 spiro atoms. The summed E-state index contributed by atoms with van der Waals surface area (Å²) in [4.78, 5) is 8.36. The molecule has 0 saturated carbocycles. The van der Waals surface area contributed by atoms with Crippen LogP contribution in [0.25, 0.3) is 0 Å². The Morgan fingerprint density at radius 2 is 2.16 bits per heavy atom. The summed E-state index contributed by atoms with van der Waals surface area (Å²) in [7, 11) is 0. The average Bonchev–Trinajstić information content (AvgIpc) is 2.69. The fraction of sp³-hybridized carbons (Fsp3) is 0.800. The number of aliphatic hydroxyl groups excluding tert-OH is 1. The molecule has 1 saturated heterocycles. The molecule has 1 aromatic rings. The van der Waals surface area contributed by atoms with Crippen LogP contribution in [0, 0.1) is 0 Å². The van der Waals surface area contributed by atoms with Gasteiger partial charge in [-0.1, -0.05) is 44.9 Å².